The fraction of sp³-hybridized carbons (Fsp3) is 0.308. The average Bonchev–Trinajstić information content (AvgIpc) is 2.99. The van der Waals surface area contributed by atoms with Gasteiger partial charge in [0.2, 0.25) is 0 Å². The lowest BCUT2D eigenvalue weighted by atomic mass is 10.3. The van der Waals surface area contributed by atoms with Crippen molar-refractivity contribution in [1.82, 2.24) is 5.32 Å². The van der Waals surface area contributed by atoms with Crippen molar-refractivity contribution in [1.29, 1.82) is 0 Å². The van der Waals surface area contributed by atoms with Crippen LogP contribution >= 0.6 is 38.6 Å². The van der Waals surface area contributed by atoms with Crippen molar-refractivity contribution >= 4 is 44.5 Å². The quantitative estimate of drug-likeness (QED) is 0.875. The van der Waals surface area contributed by atoms with Gasteiger partial charge in [-0.2, -0.15) is 0 Å². The first kappa shape index (κ1) is 14.7. The van der Waals surface area contributed by atoms with Crippen LogP contribution in [0.1, 0.15) is 25.5 Å². The van der Waals surface area contributed by atoms with Crippen molar-refractivity contribution in [2.24, 2.45) is 0 Å². The van der Waals surface area contributed by atoms with Gasteiger partial charge in [0.1, 0.15) is 6.10 Å². The number of hydrogen-bond acceptors (Lipinski definition) is 4. The van der Waals surface area contributed by atoms with Gasteiger partial charge in [0.05, 0.1) is 4.88 Å². The Morgan fingerprint density at radius 3 is 2.84 bits per heavy atom. The summed E-state index contributed by atoms with van der Waals surface area (Å²) in [6.07, 6.45) is -0.0916. The topological polar surface area (TPSA) is 38.3 Å². The molecule has 1 N–H and O–H groups in total. The van der Waals surface area contributed by atoms with Crippen molar-refractivity contribution in [2.75, 3.05) is 13.7 Å². The molecular formula is C13H14BrNO2S2. The molecule has 1 unspecified atom stereocenters. The summed E-state index contributed by atoms with van der Waals surface area (Å²) in [5.41, 5.74) is 0. The summed E-state index contributed by atoms with van der Waals surface area (Å²) in [6, 6.07) is 5.92. The van der Waals surface area contributed by atoms with E-state index in [0.29, 0.717) is 11.4 Å². The highest BCUT2D eigenvalue weighted by molar-refractivity contribution is 9.10. The minimum Gasteiger partial charge on any atom is -0.374 e. The van der Waals surface area contributed by atoms with E-state index in [2.05, 4.69) is 34.2 Å². The fourth-order valence-electron chi connectivity index (χ4n) is 1.63. The molecule has 2 heterocycles. The van der Waals surface area contributed by atoms with Crippen LogP contribution in [-0.2, 0) is 4.74 Å². The number of rotatable bonds is 5. The third-order valence-electron chi connectivity index (χ3n) is 2.60. The molecule has 0 bridgehead atoms. The molecule has 19 heavy (non-hydrogen) atoms. The number of carbonyl (C=O) groups is 1. The Hall–Kier alpha value is -0.690. The molecule has 1 amide bonds. The van der Waals surface area contributed by atoms with Gasteiger partial charge in [0, 0.05) is 33.3 Å². The number of amides is 1. The van der Waals surface area contributed by atoms with Crippen LogP contribution in [0.4, 0.5) is 0 Å². The van der Waals surface area contributed by atoms with E-state index in [-0.39, 0.29) is 12.0 Å². The van der Waals surface area contributed by atoms with Crippen molar-refractivity contribution in [3.63, 3.8) is 0 Å². The Bertz CT molecular complexity index is 564. The summed E-state index contributed by atoms with van der Waals surface area (Å²) < 4.78 is 6.36. The number of methoxy groups -OCH3 is 1. The van der Waals surface area contributed by atoms with E-state index in [1.54, 1.807) is 18.4 Å². The number of hydrogen-bond donors (Lipinski definition) is 1. The Kier molecular flexibility index (Phi) is 5.15. The van der Waals surface area contributed by atoms with Crippen molar-refractivity contribution < 1.29 is 9.53 Å². The van der Waals surface area contributed by atoms with Crippen LogP contribution in [0.5, 0.6) is 0 Å². The van der Waals surface area contributed by atoms with Gasteiger partial charge >= 0.3 is 0 Å². The van der Waals surface area contributed by atoms with Crippen molar-refractivity contribution in [2.45, 2.75) is 13.0 Å². The summed E-state index contributed by atoms with van der Waals surface area (Å²) in [6.45, 7) is 2.54. The van der Waals surface area contributed by atoms with Crippen LogP contribution in [0.15, 0.2) is 28.1 Å². The van der Waals surface area contributed by atoms with Gasteiger partial charge in [0.15, 0.2) is 0 Å². The Balaban J connectivity index is 1.95. The molecular weight excluding hydrogens is 346 g/mol. The Morgan fingerprint density at radius 2 is 2.32 bits per heavy atom. The molecule has 0 aromatic carbocycles. The first-order valence-corrected chi connectivity index (χ1v) is 8.20. The van der Waals surface area contributed by atoms with E-state index < -0.39 is 0 Å². The number of halogens is 1. The number of thiophene rings is 2. The molecule has 0 spiro atoms. The highest BCUT2D eigenvalue weighted by Gasteiger charge is 2.15. The third-order valence-corrected chi connectivity index (χ3v) is 5.38. The molecule has 0 saturated heterocycles. The van der Waals surface area contributed by atoms with Gasteiger partial charge in [-0.3, -0.25) is 4.79 Å². The first-order chi connectivity index (χ1) is 9.10. The molecule has 6 heteroatoms. The molecule has 102 valence electrons. The van der Waals surface area contributed by atoms with Gasteiger partial charge in [-0.05, 0) is 41.1 Å². The van der Waals surface area contributed by atoms with Gasteiger partial charge in [0.25, 0.3) is 5.91 Å². The Morgan fingerprint density at radius 1 is 1.53 bits per heavy atom. The summed E-state index contributed by atoms with van der Waals surface area (Å²) in [7, 11) is 1.66. The second kappa shape index (κ2) is 6.65. The second-order valence-electron chi connectivity index (χ2n) is 4.01. The average molecular weight is 360 g/mol. The predicted molar refractivity (Wildman–Crippen MR) is 83.2 cm³/mol. The SMILES string of the molecule is COC(CNC(=O)c1cc(Br)cs1)c1ccc(C)s1. The number of ether oxygens (including phenoxy) is 1. The lowest BCUT2D eigenvalue weighted by molar-refractivity contribution is 0.0841. The zero-order valence-corrected chi connectivity index (χ0v) is 13.8. The minimum absolute atomic E-state index is 0.0639. The van der Waals surface area contributed by atoms with Crippen LogP contribution in [-0.4, -0.2) is 19.6 Å². The molecule has 0 fully saturated rings. The maximum atomic E-state index is 11.9. The predicted octanol–water partition coefficient (Wildman–Crippen LogP) is 4.00. The molecule has 0 aliphatic heterocycles. The molecule has 2 aromatic rings. The Labute approximate surface area is 128 Å². The normalized spacial score (nSPS) is 12.4. The van der Waals surface area contributed by atoms with E-state index >= 15 is 0 Å². The molecule has 0 aliphatic rings. The molecule has 0 radical (unpaired) electrons. The molecule has 3 nitrogen and oxygen atoms in total. The van der Waals surface area contributed by atoms with Crippen LogP contribution in [0.25, 0.3) is 0 Å². The largest absolute Gasteiger partial charge is 0.374 e. The van der Waals surface area contributed by atoms with Crippen LogP contribution < -0.4 is 5.32 Å². The lowest BCUT2D eigenvalue weighted by Gasteiger charge is -2.14. The summed E-state index contributed by atoms with van der Waals surface area (Å²) >= 11 is 6.45. The minimum atomic E-state index is -0.0916. The van der Waals surface area contributed by atoms with Crippen LogP contribution in [0.3, 0.4) is 0 Å². The monoisotopic (exact) mass is 359 g/mol. The van der Waals surface area contributed by atoms with Crippen LogP contribution in [0, 0.1) is 6.92 Å². The van der Waals surface area contributed by atoms with E-state index in [1.165, 1.54) is 16.2 Å². The molecule has 2 rings (SSSR count). The summed E-state index contributed by atoms with van der Waals surface area (Å²) in [5.74, 6) is -0.0639. The number of nitrogens with one attached hydrogen (secondary N) is 1. The van der Waals surface area contributed by atoms with Crippen LogP contribution in [0.2, 0.25) is 0 Å². The van der Waals surface area contributed by atoms with E-state index in [0.717, 1.165) is 9.35 Å². The number of carbonyl (C=O) groups excluding carboxylic acids is 1. The lowest BCUT2D eigenvalue weighted by Crippen LogP contribution is -2.28. The smallest absolute Gasteiger partial charge is 0.261 e. The third kappa shape index (κ3) is 3.89. The zero-order chi connectivity index (χ0) is 13.8. The van der Waals surface area contributed by atoms with Gasteiger partial charge < -0.3 is 10.1 Å². The van der Waals surface area contributed by atoms with E-state index in [4.69, 9.17) is 4.74 Å². The molecule has 1 atom stereocenters. The van der Waals surface area contributed by atoms with Gasteiger partial charge in [-0.1, -0.05) is 0 Å². The van der Waals surface area contributed by atoms with E-state index in [9.17, 15) is 4.79 Å². The molecule has 2 aromatic heterocycles. The van der Waals surface area contributed by atoms with Crippen molar-refractivity contribution in [3.05, 3.63) is 42.7 Å². The van der Waals surface area contributed by atoms with Gasteiger partial charge in [-0.15, -0.1) is 22.7 Å². The maximum Gasteiger partial charge on any atom is 0.261 e. The second-order valence-corrected chi connectivity index (χ2v) is 7.16. The highest BCUT2D eigenvalue weighted by atomic mass is 79.9. The first-order valence-electron chi connectivity index (χ1n) is 5.71. The number of aryl methyl sites for hydroxylation is 1. The van der Waals surface area contributed by atoms with E-state index in [1.807, 2.05) is 17.5 Å². The summed E-state index contributed by atoms with van der Waals surface area (Å²) in [5, 5.41) is 4.80. The van der Waals surface area contributed by atoms with Crippen molar-refractivity contribution in [3.8, 4) is 0 Å². The van der Waals surface area contributed by atoms with Gasteiger partial charge in [-0.25, -0.2) is 0 Å². The maximum absolute atomic E-state index is 11.9. The highest BCUT2D eigenvalue weighted by Crippen LogP contribution is 2.25. The molecule has 0 aliphatic carbocycles. The fourth-order valence-corrected chi connectivity index (χ4v) is 3.93. The zero-order valence-electron chi connectivity index (χ0n) is 10.6. The summed E-state index contributed by atoms with van der Waals surface area (Å²) in [4.78, 5) is 15.0. The molecule has 0 saturated carbocycles. The standard InChI is InChI=1S/C13H14BrNO2S2/c1-8-3-4-11(19-8)10(17-2)6-15-13(16)12-5-9(14)7-18-12/h3-5,7,10H,6H2,1-2H3,(H,15,16).